The van der Waals surface area contributed by atoms with Gasteiger partial charge in [0.1, 0.15) is 10.3 Å². The SMILES string of the molecule is COC(=O)c1cc(Br)nn1-c1ccccc1.COC(=O)c1cc(C2=CCCC2)nn1-c1ccccc1.O=C(NO)c1cc(C2=CCCC2)nn1-c1ccccc1. The average Bonchev–Trinajstić information content (AvgIpc) is 4.11. The van der Waals surface area contributed by atoms with Crippen molar-refractivity contribution in [3.8, 4) is 17.1 Å². The number of nitrogens with one attached hydrogen (secondary N) is 1. The molecule has 56 heavy (non-hydrogen) atoms. The van der Waals surface area contributed by atoms with Gasteiger partial charge in [-0.3, -0.25) is 10.0 Å². The normalized spacial score (nSPS) is 13.0. The van der Waals surface area contributed by atoms with Gasteiger partial charge in [0.15, 0.2) is 11.4 Å². The maximum Gasteiger partial charge on any atom is 0.356 e. The predicted octanol–water partition coefficient (Wildman–Crippen LogP) is 8.21. The first kappa shape index (κ1) is 39.3. The van der Waals surface area contributed by atoms with Gasteiger partial charge in [0.25, 0.3) is 5.91 Å². The molecule has 2 aliphatic carbocycles. The van der Waals surface area contributed by atoms with Crippen LogP contribution in [0.25, 0.3) is 28.2 Å². The van der Waals surface area contributed by atoms with Crippen molar-refractivity contribution in [3.05, 3.63) is 154 Å². The highest BCUT2D eigenvalue weighted by molar-refractivity contribution is 9.10. The molecule has 0 fully saturated rings. The number of hydrogen-bond acceptors (Lipinski definition) is 9. The number of carbonyl (C=O) groups is 3. The number of hydrogen-bond donors (Lipinski definition) is 2. The Bertz CT molecular complexity index is 2230. The van der Waals surface area contributed by atoms with Crippen molar-refractivity contribution in [2.45, 2.75) is 38.5 Å². The van der Waals surface area contributed by atoms with E-state index in [9.17, 15) is 14.4 Å². The number of benzene rings is 3. The molecule has 3 heterocycles. The maximum absolute atomic E-state index is 11.9. The second-order valence-electron chi connectivity index (χ2n) is 12.6. The Morgan fingerprint density at radius 1 is 0.607 bits per heavy atom. The third-order valence-electron chi connectivity index (χ3n) is 8.96. The van der Waals surface area contributed by atoms with Crippen LogP contribution in [0.3, 0.4) is 0 Å². The zero-order chi connectivity index (χ0) is 39.4. The van der Waals surface area contributed by atoms with Crippen molar-refractivity contribution >= 4 is 44.9 Å². The summed E-state index contributed by atoms with van der Waals surface area (Å²) in [5.41, 5.74) is 9.34. The van der Waals surface area contributed by atoms with Crippen molar-refractivity contribution in [3.63, 3.8) is 0 Å². The van der Waals surface area contributed by atoms with Crippen molar-refractivity contribution in [1.29, 1.82) is 0 Å². The molecule has 2 aliphatic rings. The van der Waals surface area contributed by atoms with Gasteiger partial charge in [-0.05, 0) is 114 Å². The third-order valence-corrected chi connectivity index (χ3v) is 9.35. The molecule has 0 unspecified atom stereocenters. The lowest BCUT2D eigenvalue weighted by Gasteiger charge is -2.05. The van der Waals surface area contributed by atoms with Gasteiger partial charge in [-0.15, -0.1) is 0 Å². The largest absolute Gasteiger partial charge is 0.464 e. The fourth-order valence-electron chi connectivity index (χ4n) is 6.25. The lowest BCUT2D eigenvalue weighted by Crippen LogP contribution is -2.22. The van der Waals surface area contributed by atoms with E-state index in [0.29, 0.717) is 21.7 Å². The molecule has 286 valence electrons. The molecule has 0 atom stereocenters. The number of ether oxygens (including phenoxy) is 2. The second kappa shape index (κ2) is 18.8. The zero-order valence-corrected chi connectivity index (χ0v) is 32.4. The molecular formula is C42H40BrN7O6. The van der Waals surface area contributed by atoms with E-state index in [1.54, 1.807) is 27.0 Å². The smallest absolute Gasteiger partial charge is 0.356 e. The second-order valence-corrected chi connectivity index (χ2v) is 13.4. The van der Waals surface area contributed by atoms with Crippen molar-refractivity contribution < 1.29 is 29.1 Å². The summed E-state index contributed by atoms with van der Waals surface area (Å²) in [6.45, 7) is 0. The number of amides is 1. The third kappa shape index (κ3) is 9.28. The van der Waals surface area contributed by atoms with E-state index < -0.39 is 11.9 Å². The summed E-state index contributed by atoms with van der Waals surface area (Å²) in [4.78, 5) is 35.2. The summed E-state index contributed by atoms with van der Waals surface area (Å²) in [5, 5.41) is 22.1. The maximum atomic E-state index is 11.9. The molecule has 3 aromatic heterocycles. The van der Waals surface area contributed by atoms with Gasteiger partial charge in [0, 0.05) is 6.07 Å². The first-order chi connectivity index (χ1) is 27.3. The number of hydroxylamine groups is 1. The average molecular weight is 819 g/mol. The quantitative estimate of drug-likeness (QED) is 0.0879. The van der Waals surface area contributed by atoms with E-state index in [2.05, 4.69) is 43.4 Å². The number of rotatable bonds is 8. The van der Waals surface area contributed by atoms with E-state index in [-0.39, 0.29) is 5.97 Å². The minimum absolute atomic E-state index is 0.321. The van der Waals surface area contributed by atoms with Crippen LogP contribution in [0.2, 0.25) is 0 Å². The van der Waals surface area contributed by atoms with E-state index in [4.69, 9.17) is 14.7 Å². The highest BCUT2D eigenvalue weighted by Crippen LogP contribution is 2.29. The Kier molecular flexibility index (Phi) is 13.2. The number of para-hydroxylation sites is 3. The lowest BCUT2D eigenvalue weighted by molar-refractivity contribution is 0.0581. The Labute approximate surface area is 332 Å². The van der Waals surface area contributed by atoms with E-state index >= 15 is 0 Å². The Hall–Kier alpha value is -6.38. The molecule has 1 amide bonds. The van der Waals surface area contributed by atoms with Gasteiger partial charge in [-0.1, -0.05) is 66.7 Å². The van der Waals surface area contributed by atoms with Gasteiger partial charge in [-0.25, -0.2) is 29.1 Å². The molecule has 8 rings (SSSR count). The molecule has 0 saturated heterocycles. The Morgan fingerprint density at radius 3 is 1.39 bits per heavy atom. The van der Waals surface area contributed by atoms with Gasteiger partial charge < -0.3 is 9.47 Å². The summed E-state index contributed by atoms with van der Waals surface area (Å²) in [6.07, 6.45) is 10.8. The minimum atomic E-state index is -0.564. The van der Waals surface area contributed by atoms with Gasteiger partial charge in [-0.2, -0.15) is 15.3 Å². The molecule has 6 aromatic rings. The van der Waals surface area contributed by atoms with E-state index in [1.165, 1.54) is 24.5 Å². The lowest BCUT2D eigenvalue weighted by atomic mass is 10.1. The number of halogens is 1. The molecule has 2 N–H and O–H groups in total. The molecule has 0 saturated carbocycles. The summed E-state index contributed by atoms with van der Waals surface area (Å²) < 4.78 is 14.9. The Morgan fingerprint density at radius 2 is 1.00 bits per heavy atom. The molecule has 0 bridgehead atoms. The number of aromatic nitrogens is 6. The van der Waals surface area contributed by atoms with Crippen molar-refractivity contribution in [2.75, 3.05) is 14.2 Å². The number of allylic oxidation sites excluding steroid dienone is 4. The summed E-state index contributed by atoms with van der Waals surface area (Å²) in [5.74, 6) is -1.35. The van der Waals surface area contributed by atoms with Crippen LogP contribution in [-0.4, -0.2) is 66.6 Å². The van der Waals surface area contributed by atoms with Crippen LogP contribution in [0.1, 0.15) is 81.4 Å². The molecular weight excluding hydrogens is 778 g/mol. The zero-order valence-electron chi connectivity index (χ0n) is 30.8. The van der Waals surface area contributed by atoms with Gasteiger partial charge in [0.2, 0.25) is 0 Å². The fraction of sp³-hybridized carbons (Fsp3) is 0.190. The van der Waals surface area contributed by atoms with Crippen LogP contribution >= 0.6 is 15.9 Å². The van der Waals surface area contributed by atoms with Crippen LogP contribution in [-0.2, 0) is 9.47 Å². The van der Waals surface area contributed by atoms with E-state index in [1.807, 2.05) is 97.1 Å². The number of esters is 2. The molecule has 14 heteroatoms. The molecule has 13 nitrogen and oxygen atoms in total. The highest BCUT2D eigenvalue weighted by atomic mass is 79.9. The van der Waals surface area contributed by atoms with Crippen LogP contribution < -0.4 is 5.48 Å². The van der Waals surface area contributed by atoms with E-state index in [0.717, 1.165) is 72.5 Å². The molecule has 0 aliphatic heterocycles. The van der Waals surface area contributed by atoms with Crippen LogP contribution in [0.15, 0.2) is 126 Å². The van der Waals surface area contributed by atoms with Crippen LogP contribution in [0.5, 0.6) is 0 Å². The first-order valence-electron chi connectivity index (χ1n) is 17.9. The van der Waals surface area contributed by atoms with Crippen LogP contribution in [0, 0.1) is 0 Å². The standard InChI is InChI=1S/C16H16N2O2.C15H15N3O2.C11H9BrN2O2/c1-20-16(19)15-11-14(12-7-5-6-8-12)17-18(15)13-9-3-2-4-10-13;19-15(17-20)14-10-13(11-6-4-5-7-11)16-18(14)12-8-2-1-3-9-12;1-16-11(15)9-7-10(12)13-14(9)8-5-3-2-4-6-8/h2-4,7,9-11H,5-6,8H2,1H3;1-3,6,8-10,20H,4-5,7H2,(H,17,19);2-7H,1H3. The van der Waals surface area contributed by atoms with Gasteiger partial charge in [0.05, 0.1) is 42.7 Å². The van der Waals surface area contributed by atoms with Crippen molar-refractivity contribution in [1.82, 2.24) is 34.8 Å². The first-order valence-corrected chi connectivity index (χ1v) is 18.7. The fourth-order valence-corrected chi connectivity index (χ4v) is 6.63. The van der Waals surface area contributed by atoms with Crippen LogP contribution in [0.4, 0.5) is 0 Å². The van der Waals surface area contributed by atoms with Crippen molar-refractivity contribution in [2.24, 2.45) is 0 Å². The number of carbonyl (C=O) groups excluding carboxylic acids is 3. The summed E-state index contributed by atoms with van der Waals surface area (Å²) in [6, 6.07) is 33.6. The number of methoxy groups -OCH3 is 2. The topological polar surface area (TPSA) is 155 Å². The molecule has 0 radical (unpaired) electrons. The summed E-state index contributed by atoms with van der Waals surface area (Å²) >= 11 is 3.24. The summed E-state index contributed by atoms with van der Waals surface area (Å²) in [7, 11) is 2.73. The monoisotopic (exact) mass is 817 g/mol. The Balaban J connectivity index is 0.000000144. The highest BCUT2D eigenvalue weighted by Gasteiger charge is 2.21. The van der Waals surface area contributed by atoms with Gasteiger partial charge >= 0.3 is 11.9 Å². The number of nitrogens with zero attached hydrogens (tertiary/aromatic N) is 6. The minimum Gasteiger partial charge on any atom is -0.464 e. The molecule has 3 aromatic carbocycles. The predicted molar refractivity (Wildman–Crippen MR) is 214 cm³/mol. The molecule has 0 spiro atoms.